The smallest absolute Gasteiger partial charge is 0.390 e. The maximum absolute atomic E-state index is 12.5. The Morgan fingerprint density at radius 3 is 2.50 bits per heavy atom. The maximum atomic E-state index is 12.5. The molecule has 1 aromatic heterocycles. The van der Waals surface area contributed by atoms with Crippen LogP contribution >= 0.6 is 27.5 Å². The Kier molecular flexibility index (Phi) is 5.39. The lowest BCUT2D eigenvalue weighted by Crippen LogP contribution is -2.20. The normalized spacial score (nSPS) is 15.5. The van der Waals surface area contributed by atoms with Gasteiger partial charge in [0.05, 0.1) is 11.7 Å². The van der Waals surface area contributed by atoms with Crippen LogP contribution in [0.1, 0.15) is 23.7 Å². The molecule has 2 atom stereocenters. The van der Waals surface area contributed by atoms with Crippen molar-refractivity contribution in [2.75, 3.05) is 5.33 Å². The van der Waals surface area contributed by atoms with Crippen molar-refractivity contribution in [1.82, 2.24) is 4.98 Å². The van der Waals surface area contributed by atoms with Crippen LogP contribution in [0.15, 0.2) is 12.3 Å². The molecule has 0 aliphatic heterocycles. The number of hydrogen-bond acceptors (Lipinski definition) is 3. The molecule has 1 aromatic rings. The van der Waals surface area contributed by atoms with Crippen LogP contribution in [0.4, 0.5) is 13.2 Å². The van der Waals surface area contributed by atoms with Crippen LogP contribution in [-0.2, 0) is 6.18 Å². The zero-order valence-corrected chi connectivity index (χ0v) is 11.3. The average Bonchev–Trinajstić information content (AvgIpc) is 2.27. The Hall–Kier alpha value is -0.370. The van der Waals surface area contributed by atoms with Crippen LogP contribution < -0.4 is 0 Å². The van der Waals surface area contributed by atoms with E-state index in [0.29, 0.717) is 17.6 Å². The average molecular weight is 349 g/mol. The first-order valence-electron chi connectivity index (χ1n) is 4.92. The van der Waals surface area contributed by atoms with Gasteiger partial charge in [-0.25, -0.2) is 4.98 Å². The number of pyridine rings is 1. The van der Waals surface area contributed by atoms with E-state index in [4.69, 9.17) is 11.6 Å². The second-order valence-electron chi connectivity index (χ2n) is 3.59. The molecule has 0 aromatic carbocycles. The third kappa shape index (κ3) is 3.81. The molecule has 102 valence electrons. The van der Waals surface area contributed by atoms with Gasteiger partial charge in [-0.1, -0.05) is 27.5 Å². The molecule has 18 heavy (non-hydrogen) atoms. The number of rotatable bonds is 4. The molecule has 0 amide bonds. The molecule has 1 heterocycles. The number of alkyl halides is 4. The molecule has 1 rings (SSSR count). The SMILES string of the molecule is OC(CCBr)C(O)c1cc(C(F)(F)F)cnc1Cl. The molecular formula is C10H10BrClF3NO2. The summed E-state index contributed by atoms with van der Waals surface area (Å²) in [5.74, 6) is 0. The van der Waals surface area contributed by atoms with Crippen LogP contribution in [0.2, 0.25) is 5.15 Å². The molecule has 0 radical (unpaired) electrons. The van der Waals surface area contributed by atoms with Gasteiger partial charge in [0.2, 0.25) is 0 Å². The molecule has 8 heteroatoms. The number of nitrogens with zero attached hydrogens (tertiary/aromatic N) is 1. The Labute approximate surface area is 115 Å². The first-order valence-corrected chi connectivity index (χ1v) is 6.42. The topological polar surface area (TPSA) is 53.4 Å². The Morgan fingerprint density at radius 1 is 1.39 bits per heavy atom. The monoisotopic (exact) mass is 347 g/mol. The lowest BCUT2D eigenvalue weighted by atomic mass is 10.0. The fraction of sp³-hybridized carbons (Fsp3) is 0.500. The zero-order chi connectivity index (χ0) is 13.9. The van der Waals surface area contributed by atoms with Gasteiger partial charge >= 0.3 is 6.18 Å². The molecule has 0 saturated carbocycles. The van der Waals surface area contributed by atoms with E-state index >= 15 is 0 Å². The highest BCUT2D eigenvalue weighted by Gasteiger charge is 2.33. The minimum absolute atomic E-state index is 0.174. The van der Waals surface area contributed by atoms with Crippen molar-refractivity contribution in [3.8, 4) is 0 Å². The van der Waals surface area contributed by atoms with Gasteiger partial charge in [-0.15, -0.1) is 0 Å². The van der Waals surface area contributed by atoms with Crippen LogP contribution in [0.3, 0.4) is 0 Å². The second kappa shape index (κ2) is 6.18. The van der Waals surface area contributed by atoms with E-state index in [1.54, 1.807) is 0 Å². The van der Waals surface area contributed by atoms with Gasteiger partial charge in [-0.3, -0.25) is 0 Å². The lowest BCUT2D eigenvalue weighted by Gasteiger charge is -2.19. The molecule has 0 bridgehead atoms. The number of aliphatic hydroxyl groups excluding tert-OH is 2. The summed E-state index contributed by atoms with van der Waals surface area (Å²) < 4.78 is 37.4. The van der Waals surface area contributed by atoms with E-state index in [1.807, 2.05) is 0 Å². The standard InChI is InChI=1S/C10H10BrClF3NO2/c11-2-1-7(17)8(18)6-3-5(10(13,14)15)4-16-9(6)12/h3-4,7-8,17-18H,1-2H2. The van der Waals surface area contributed by atoms with Gasteiger partial charge in [-0.2, -0.15) is 13.2 Å². The quantitative estimate of drug-likeness (QED) is 0.650. The molecule has 0 fully saturated rings. The highest BCUT2D eigenvalue weighted by atomic mass is 79.9. The minimum atomic E-state index is -4.58. The van der Waals surface area contributed by atoms with Crippen molar-refractivity contribution < 1.29 is 23.4 Å². The fourth-order valence-electron chi connectivity index (χ4n) is 1.30. The van der Waals surface area contributed by atoms with Gasteiger partial charge in [0.15, 0.2) is 0 Å². The predicted octanol–water partition coefficient (Wildman–Crippen LogP) is 2.93. The molecule has 3 nitrogen and oxygen atoms in total. The molecule has 0 aliphatic carbocycles. The van der Waals surface area contributed by atoms with Crippen LogP contribution in [-0.4, -0.2) is 26.6 Å². The summed E-state index contributed by atoms with van der Waals surface area (Å²) in [5, 5.41) is 19.4. The number of halogens is 5. The van der Waals surface area contributed by atoms with Crippen LogP contribution in [0, 0.1) is 0 Å². The van der Waals surface area contributed by atoms with E-state index in [9.17, 15) is 23.4 Å². The van der Waals surface area contributed by atoms with E-state index < -0.39 is 23.9 Å². The Balaban J connectivity index is 3.08. The van der Waals surface area contributed by atoms with Crippen LogP contribution in [0.25, 0.3) is 0 Å². The van der Waals surface area contributed by atoms with Gasteiger partial charge < -0.3 is 10.2 Å². The van der Waals surface area contributed by atoms with E-state index in [1.165, 1.54) is 0 Å². The van der Waals surface area contributed by atoms with Crippen molar-refractivity contribution in [2.24, 2.45) is 0 Å². The summed E-state index contributed by atoms with van der Waals surface area (Å²) in [6.45, 7) is 0. The van der Waals surface area contributed by atoms with Crippen LogP contribution in [0.5, 0.6) is 0 Å². The zero-order valence-electron chi connectivity index (χ0n) is 8.96. The highest BCUT2D eigenvalue weighted by molar-refractivity contribution is 9.09. The predicted molar refractivity (Wildman–Crippen MR) is 63.6 cm³/mol. The lowest BCUT2D eigenvalue weighted by molar-refractivity contribution is -0.138. The summed E-state index contributed by atoms with van der Waals surface area (Å²) in [6, 6.07) is 0.692. The number of aliphatic hydroxyl groups is 2. The van der Waals surface area contributed by atoms with Crippen molar-refractivity contribution in [2.45, 2.75) is 24.8 Å². The van der Waals surface area contributed by atoms with Gasteiger partial charge in [0.1, 0.15) is 11.3 Å². The number of aromatic nitrogens is 1. The minimum Gasteiger partial charge on any atom is -0.390 e. The first kappa shape index (κ1) is 15.7. The van der Waals surface area contributed by atoms with Gasteiger partial charge in [0.25, 0.3) is 0 Å². The molecular weight excluding hydrogens is 338 g/mol. The third-order valence-electron chi connectivity index (χ3n) is 2.28. The van der Waals surface area contributed by atoms with Crippen molar-refractivity contribution >= 4 is 27.5 Å². The first-order chi connectivity index (χ1) is 8.27. The summed E-state index contributed by atoms with van der Waals surface area (Å²) >= 11 is 8.68. The molecule has 2 unspecified atom stereocenters. The maximum Gasteiger partial charge on any atom is 0.417 e. The Bertz CT molecular complexity index is 417. The summed E-state index contributed by atoms with van der Waals surface area (Å²) in [5.41, 5.74) is -1.26. The molecule has 0 aliphatic rings. The largest absolute Gasteiger partial charge is 0.417 e. The third-order valence-corrected chi connectivity index (χ3v) is 3.06. The molecule has 0 saturated heterocycles. The Morgan fingerprint density at radius 2 is 2.00 bits per heavy atom. The highest BCUT2D eigenvalue weighted by Crippen LogP contribution is 2.33. The van der Waals surface area contributed by atoms with E-state index in [0.717, 1.165) is 0 Å². The second-order valence-corrected chi connectivity index (χ2v) is 4.74. The molecule has 2 N–H and O–H groups in total. The molecule has 0 spiro atoms. The van der Waals surface area contributed by atoms with Gasteiger partial charge in [-0.05, 0) is 12.5 Å². The van der Waals surface area contributed by atoms with Crippen molar-refractivity contribution in [1.29, 1.82) is 0 Å². The van der Waals surface area contributed by atoms with Gasteiger partial charge in [0, 0.05) is 17.1 Å². The summed E-state index contributed by atoms with van der Waals surface area (Å²) in [7, 11) is 0. The fourth-order valence-corrected chi connectivity index (χ4v) is 1.99. The van der Waals surface area contributed by atoms with E-state index in [2.05, 4.69) is 20.9 Å². The van der Waals surface area contributed by atoms with E-state index in [-0.39, 0.29) is 17.1 Å². The number of hydrogen-bond donors (Lipinski definition) is 2. The summed E-state index contributed by atoms with van der Waals surface area (Å²) in [4.78, 5) is 3.37. The van der Waals surface area contributed by atoms with Crippen molar-refractivity contribution in [3.63, 3.8) is 0 Å². The van der Waals surface area contributed by atoms with Crippen molar-refractivity contribution in [3.05, 3.63) is 28.5 Å². The summed E-state index contributed by atoms with van der Waals surface area (Å²) in [6.07, 6.45) is -6.55.